The van der Waals surface area contributed by atoms with Crippen molar-refractivity contribution in [2.24, 2.45) is 0 Å². The smallest absolute Gasteiger partial charge is 0.390 e. The lowest BCUT2D eigenvalue weighted by atomic mass is 10.0. The Labute approximate surface area is 460 Å². The van der Waals surface area contributed by atoms with Gasteiger partial charge in [0.05, 0.1) is 39.9 Å². The van der Waals surface area contributed by atoms with Crippen LogP contribution >= 0.6 is 7.82 Å². The van der Waals surface area contributed by atoms with Crippen molar-refractivity contribution in [2.75, 3.05) is 40.9 Å². The van der Waals surface area contributed by atoms with Gasteiger partial charge in [-0.1, -0.05) is 289 Å². The summed E-state index contributed by atoms with van der Waals surface area (Å²) in [5.41, 5.74) is 0. The molecule has 0 aromatic heterocycles. The number of hydrogen-bond donors (Lipinski definition) is 4. The number of phosphoric ester groups is 1. The van der Waals surface area contributed by atoms with Crippen molar-refractivity contribution in [3.05, 3.63) is 24.3 Å². The number of rotatable bonds is 60. The van der Waals surface area contributed by atoms with Crippen molar-refractivity contribution in [1.82, 2.24) is 5.32 Å². The Morgan fingerprint density at radius 3 is 1.12 bits per heavy atom. The fourth-order valence-corrected chi connectivity index (χ4v) is 10.7. The van der Waals surface area contributed by atoms with Crippen LogP contribution < -0.4 is 5.32 Å². The zero-order valence-corrected chi connectivity index (χ0v) is 50.9. The first-order chi connectivity index (χ1) is 35.9. The lowest BCUT2D eigenvalue weighted by Gasteiger charge is -2.28. The van der Waals surface area contributed by atoms with Gasteiger partial charge in [-0.15, -0.1) is 0 Å². The Hall–Kier alpha value is -1.06. The number of hydrogen-bond acceptors (Lipinski definition) is 6. The number of nitrogens with one attached hydrogen (secondary N) is 1. The molecule has 0 aromatic rings. The van der Waals surface area contributed by atoms with Crippen molar-refractivity contribution in [1.29, 1.82) is 0 Å². The van der Waals surface area contributed by atoms with Crippen LogP contribution in [0.4, 0.5) is 0 Å². The van der Waals surface area contributed by atoms with Crippen LogP contribution in [0, 0.1) is 0 Å². The van der Waals surface area contributed by atoms with Crippen LogP contribution in [0.5, 0.6) is 0 Å². The molecular formula is C64H128N2O7P+. The predicted octanol–water partition coefficient (Wildman–Crippen LogP) is 18.9. The van der Waals surface area contributed by atoms with E-state index in [2.05, 4.69) is 43.5 Å². The maximum Gasteiger partial charge on any atom is 0.472 e. The van der Waals surface area contributed by atoms with E-state index < -0.39 is 32.7 Å². The van der Waals surface area contributed by atoms with Crippen molar-refractivity contribution in [3.63, 3.8) is 0 Å². The van der Waals surface area contributed by atoms with Gasteiger partial charge >= 0.3 is 7.82 Å². The molecule has 0 saturated heterocycles. The SMILES string of the molecule is CCCCC/C=C/CC/C=C/CCCC(O)C(O)C(COP(=O)(O)OCC[N+](C)(C)C)NC(=O)CCCCCCCCCCCCCCCCCCCCCCCCCCCCCCCCCCCCCCCC. The zero-order chi connectivity index (χ0) is 54.3. The highest BCUT2D eigenvalue weighted by molar-refractivity contribution is 7.47. The topological polar surface area (TPSA) is 125 Å². The average Bonchev–Trinajstić information content (AvgIpc) is 3.36. The molecule has 9 nitrogen and oxygen atoms in total. The van der Waals surface area contributed by atoms with Crippen molar-refractivity contribution >= 4 is 13.7 Å². The van der Waals surface area contributed by atoms with E-state index in [0.29, 0.717) is 23.9 Å². The molecule has 0 spiro atoms. The number of carbonyl (C=O) groups excluding carboxylic acids is 1. The highest BCUT2D eigenvalue weighted by atomic mass is 31.2. The molecule has 0 bridgehead atoms. The van der Waals surface area contributed by atoms with Crippen LogP contribution in [0.15, 0.2) is 24.3 Å². The first-order valence-corrected chi connectivity index (χ1v) is 33.8. The monoisotopic (exact) mass is 1070 g/mol. The molecular weight excluding hydrogens is 940 g/mol. The average molecular weight is 1070 g/mol. The van der Waals surface area contributed by atoms with Crippen molar-refractivity contribution in [3.8, 4) is 0 Å². The lowest BCUT2D eigenvalue weighted by Crippen LogP contribution is -2.51. The van der Waals surface area contributed by atoms with E-state index in [4.69, 9.17) is 9.05 Å². The summed E-state index contributed by atoms with van der Waals surface area (Å²) in [5.74, 6) is -0.266. The van der Waals surface area contributed by atoms with Crippen LogP contribution in [0.3, 0.4) is 0 Å². The number of likely N-dealkylation sites (N-methyl/N-ethyl adjacent to an activating group) is 1. The number of allylic oxidation sites excluding steroid dienone is 4. The molecule has 0 aliphatic heterocycles. The predicted molar refractivity (Wildman–Crippen MR) is 320 cm³/mol. The van der Waals surface area contributed by atoms with Gasteiger partial charge in [0.1, 0.15) is 19.3 Å². The second kappa shape index (κ2) is 55.3. The van der Waals surface area contributed by atoms with E-state index in [1.807, 2.05) is 21.1 Å². The number of unbranched alkanes of at least 4 members (excludes halogenated alkanes) is 42. The second-order valence-electron chi connectivity index (χ2n) is 23.6. The highest BCUT2D eigenvalue weighted by Gasteiger charge is 2.32. The van der Waals surface area contributed by atoms with Gasteiger partial charge in [-0.2, -0.15) is 0 Å². The molecule has 440 valence electrons. The maximum atomic E-state index is 13.0. The Bertz CT molecular complexity index is 1270. The standard InChI is InChI=1S/C64H127N2O7P/c1-6-8-10-12-14-16-18-20-21-22-23-24-25-26-27-28-29-30-31-32-33-34-35-36-37-38-39-40-41-42-43-44-45-47-49-51-53-55-57-63(68)65-61(60-73-74(70,71)72-59-58-66(3,4)5)64(69)62(67)56-54-52-50-48-46-19-17-15-13-11-9-7-2/h15,17,48,50,61-62,64,67,69H,6-14,16,18-47,49,51-60H2,1-5H3,(H-,65,68,70,71)/p+1/b17-15+,50-48+. The molecule has 10 heteroatoms. The third-order valence-corrected chi connectivity index (χ3v) is 16.0. The van der Waals surface area contributed by atoms with Crippen molar-refractivity contribution in [2.45, 2.75) is 340 Å². The van der Waals surface area contributed by atoms with E-state index in [9.17, 15) is 24.5 Å². The van der Waals surface area contributed by atoms with Crippen LogP contribution in [0.25, 0.3) is 0 Å². The molecule has 0 aliphatic carbocycles. The van der Waals surface area contributed by atoms with Gasteiger partial charge in [0.15, 0.2) is 0 Å². The molecule has 74 heavy (non-hydrogen) atoms. The fourth-order valence-electron chi connectivity index (χ4n) is 9.93. The van der Waals surface area contributed by atoms with Crippen LogP contribution in [0.1, 0.15) is 322 Å². The molecule has 0 aromatic carbocycles. The summed E-state index contributed by atoms with van der Waals surface area (Å²) < 4.78 is 23.6. The Morgan fingerprint density at radius 1 is 0.459 bits per heavy atom. The molecule has 0 heterocycles. The number of carbonyl (C=O) groups is 1. The Balaban J connectivity index is 3.91. The molecule has 0 fully saturated rings. The summed E-state index contributed by atoms with van der Waals surface area (Å²) in [6.45, 7) is 4.58. The van der Waals surface area contributed by atoms with E-state index in [0.717, 1.165) is 44.9 Å². The molecule has 4 unspecified atom stereocenters. The Morgan fingerprint density at radius 2 is 0.770 bits per heavy atom. The zero-order valence-electron chi connectivity index (χ0n) is 50.0. The second-order valence-corrected chi connectivity index (χ2v) is 25.1. The first kappa shape index (κ1) is 72.9. The van der Waals surface area contributed by atoms with E-state index in [1.54, 1.807) is 0 Å². The molecule has 0 saturated carbocycles. The normalized spacial score (nSPS) is 14.3. The van der Waals surface area contributed by atoms with Gasteiger partial charge in [-0.25, -0.2) is 4.57 Å². The van der Waals surface area contributed by atoms with Crippen LogP contribution in [0.2, 0.25) is 0 Å². The number of phosphoric acid groups is 1. The maximum absolute atomic E-state index is 13.0. The molecule has 4 atom stereocenters. The lowest BCUT2D eigenvalue weighted by molar-refractivity contribution is -0.870. The van der Waals surface area contributed by atoms with Crippen molar-refractivity contribution < 1.29 is 38.0 Å². The highest BCUT2D eigenvalue weighted by Crippen LogP contribution is 2.43. The summed E-state index contributed by atoms with van der Waals surface area (Å²) in [6, 6.07) is -1.05. The van der Waals surface area contributed by atoms with E-state index in [1.165, 1.54) is 244 Å². The van der Waals surface area contributed by atoms with Gasteiger partial charge < -0.3 is 24.9 Å². The van der Waals surface area contributed by atoms with Crippen LogP contribution in [-0.4, -0.2) is 84.6 Å². The summed E-state index contributed by atoms with van der Waals surface area (Å²) in [6.07, 6.45) is 67.6. The van der Waals surface area contributed by atoms with E-state index >= 15 is 0 Å². The van der Waals surface area contributed by atoms with Gasteiger partial charge in [0.2, 0.25) is 5.91 Å². The summed E-state index contributed by atoms with van der Waals surface area (Å²) in [5, 5.41) is 24.8. The Kier molecular flexibility index (Phi) is 54.5. The minimum Gasteiger partial charge on any atom is -0.390 e. The molecule has 0 rings (SSSR count). The third kappa shape index (κ3) is 55.7. The summed E-state index contributed by atoms with van der Waals surface area (Å²) in [7, 11) is 1.42. The largest absolute Gasteiger partial charge is 0.472 e. The number of quaternary nitrogens is 1. The molecule has 0 radical (unpaired) electrons. The van der Waals surface area contributed by atoms with Gasteiger partial charge in [-0.05, 0) is 51.4 Å². The minimum atomic E-state index is -4.43. The third-order valence-electron chi connectivity index (χ3n) is 15.0. The fraction of sp³-hybridized carbons (Fsp3) is 0.922. The van der Waals surface area contributed by atoms with E-state index in [-0.39, 0.29) is 18.9 Å². The number of aliphatic hydroxyl groups is 2. The number of nitrogens with zero attached hydrogens (tertiary/aromatic N) is 1. The molecule has 1 amide bonds. The molecule has 0 aliphatic rings. The van der Waals surface area contributed by atoms with Gasteiger partial charge in [0.25, 0.3) is 0 Å². The number of aliphatic hydroxyl groups excluding tert-OH is 2. The van der Waals surface area contributed by atoms with Gasteiger partial charge in [-0.3, -0.25) is 13.8 Å². The number of amides is 1. The van der Waals surface area contributed by atoms with Gasteiger partial charge in [0, 0.05) is 6.42 Å². The first-order valence-electron chi connectivity index (χ1n) is 32.3. The quantitative estimate of drug-likeness (QED) is 0.0207. The molecule has 4 N–H and O–H groups in total. The summed E-state index contributed by atoms with van der Waals surface area (Å²) in [4.78, 5) is 23.3. The minimum absolute atomic E-state index is 0.0159. The van der Waals surface area contributed by atoms with Crippen LogP contribution in [-0.2, 0) is 18.4 Å². The summed E-state index contributed by atoms with van der Waals surface area (Å²) >= 11 is 0.